The highest BCUT2D eigenvalue weighted by Gasteiger charge is 2.22. The Hall–Kier alpha value is -2.18. The molecule has 0 spiro atoms. The van der Waals surface area contributed by atoms with Gasteiger partial charge in [0.25, 0.3) is 5.95 Å². The first-order valence-electron chi connectivity index (χ1n) is 7.02. The molecule has 2 N–H and O–H groups in total. The van der Waals surface area contributed by atoms with E-state index in [4.69, 9.17) is 5.73 Å². The molecule has 0 saturated heterocycles. The van der Waals surface area contributed by atoms with Gasteiger partial charge in [0.1, 0.15) is 0 Å². The van der Waals surface area contributed by atoms with Gasteiger partial charge in [0.05, 0.1) is 0 Å². The second-order valence-corrected chi connectivity index (χ2v) is 5.08. The van der Waals surface area contributed by atoms with E-state index in [1.807, 2.05) is 6.07 Å². The van der Waals surface area contributed by atoms with Gasteiger partial charge in [0.2, 0.25) is 11.9 Å². The summed E-state index contributed by atoms with van der Waals surface area (Å²) in [4.78, 5) is 15.0. The summed E-state index contributed by atoms with van der Waals surface area (Å²) >= 11 is 0. The molecular weight excluding hydrogens is 254 g/mol. The summed E-state index contributed by atoms with van der Waals surface area (Å²) in [7, 11) is 0. The fourth-order valence-electron chi connectivity index (χ4n) is 2.34. The molecule has 0 aliphatic heterocycles. The van der Waals surface area contributed by atoms with E-state index >= 15 is 0 Å². The standard InChI is InChI=1S/C13H19N7/c1-2-19(9-10-5-3-6-10)12-16-11(14)17-13(18-12)20-8-4-7-15-20/h4,7-8,10H,2-3,5-6,9H2,1H3,(H2,14,16,17,18). The zero-order valence-corrected chi connectivity index (χ0v) is 11.6. The molecule has 1 aliphatic rings. The molecule has 2 aromatic rings. The Morgan fingerprint density at radius 1 is 1.35 bits per heavy atom. The van der Waals surface area contributed by atoms with Gasteiger partial charge < -0.3 is 10.6 Å². The van der Waals surface area contributed by atoms with Crippen LogP contribution in [0.5, 0.6) is 0 Å². The lowest BCUT2D eigenvalue weighted by Gasteiger charge is -2.31. The average molecular weight is 273 g/mol. The van der Waals surface area contributed by atoms with Gasteiger partial charge in [-0.25, -0.2) is 4.68 Å². The van der Waals surface area contributed by atoms with E-state index in [0.717, 1.165) is 19.0 Å². The van der Waals surface area contributed by atoms with Crippen molar-refractivity contribution in [2.24, 2.45) is 5.92 Å². The zero-order valence-electron chi connectivity index (χ0n) is 11.6. The van der Waals surface area contributed by atoms with E-state index in [0.29, 0.717) is 11.9 Å². The Morgan fingerprint density at radius 2 is 2.20 bits per heavy atom. The summed E-state index contributed by atoms with van der Waals surface area (Å²) in [6.45, 7) is 3.95. The molecule has 0 aromatic carbocycles. The maximum atomic E-state index is 5.81. The highest BCUT2D eigenvalue weighted by Crippen LogP contribution is 2.28. The van der Waals surface area contributed by atoms with Gasteiger partial charge in [-0.1, -0.05) is 6.42 Å². The second-order valence-electron chi connectivity index (χ2n) is 5.08. The predicted molar refractivity (Wildman–Crippen MR) is 76.6 cm³/mol. The Bertz CT molecular complexity index is 562. The molecule has 106 valence electrons. The van der Waals surface area contributed by atoms with E-state index in [1.54, 1.807) is 17.1 Å². The van der Waals surface area contributed by atoms with Crippen LogP contribution in [0.15, 0.2) is 18.5 Å². The van der Waals surface area contributed by atoms with Crippen LogP contribution in [0.3, 0.4) is 0 Å². The van der Waals surface area contributed by atoms with E-state index in [1.165, 1.54) is 19.3 Å². The third kappa shape index (κ3) is 2.56. The van der Waals surface area contributed by atoms with Crippen LogP contribution in [0.4, 0.5) is 11.9 Å². The number of aromatic nitrogens is 5. The van der Waals surface area contributed by atoms with Gasteiger partial charge in [-0.2, -0.15) is 20.1 Å². The fourth-order valence-corrected chi connectivity index (χ4v) is 2.34. The largest absolute Gasteiger partial charge is 0.368 e. The first kappa shape index (κ1) is 12.8. The van der Waals surface area contributed by atoms with Crippen molar-refractivity contribution in [3.63, 3.8) is 0 Å². The van der Waals surface area contributed by atoms with Gasteiger partial charge >= 0.3 is 0 Å². The number of nitrogen functional groups attached to an aromatic ring is 1. The predicted octanol–water partition coefficient (Wildman–Crippen LogP) is 1.27. The molecule has 0 radical (unpaired) electrons. The van der Waals surface area contributed by atoms with E-state index < -0.39 is 0 Å². The summed E-state index contributed by atoms with van der Waals surface area (Å²) in [5, 5.41) is 4.13. The topological polar surface area (TPSA) is 85.8 Å². The van der Waals surface area contributed by atoms with E-state index in [-0.39, 0.29) is 5.95 Å². The van der Waals surface area contributed by atoms with Crippen LogP contribution in [-0.2, 0) is 0 Å². The molecule has 7 heteroatoms. The third-order valence-corrected chi connectivity index (χ3v) is 3.71. The maximum Gasteiger partial charge on any atom is 0.257 e. The van der Waals surface area contributed by atoms with Crippen molar-refractivity contribution in [3.05, 3.63) is 18.5 Å². The van der Waals surface area contributed by atoms with Gasteiger partial charge in [-0.15, -0.1) is 0 Å². The summed E-state index contributed by atoms with van der Waals surface area (Å²) in [5.74, 6) is 2.08. The van der Waals surface area contributed by atoms with E-state index in [9.17, 15) is 0 Å². The molecule has 0 atom stereocenters. The normalized spacial score (nSPS) is 15.1. The van der Waals surface area contributed by atoms with Crippen LogP contribution in [-0.4, -0.2) is 37.8 Å². The smallest absolute Gasteiger partial charge is 0.257 e. The minimum absolute atomic E-state index is 0.229. The highest BCUT2D eigenvalue weighted by atomic mass is 15.4. The molecule has 1 saturated carbocycles. The van der Waals surface area contributed by atoms with Crippen molar-refractivity contribution < 1.29 is 0 Å². The fraction of sp³-hybridized carbons (Fsp3) is 0.538. The van der Waals surface area contributed by atoms with Crippen molar-refractivity contribution in [1.82, 2.24) is 24.7 Å². The SMILES string of the molecule is CCN(CC1CCC1)c1nc(N)nc(-n2cccn2)n1. The van der Waals surface area contributed by atoms with Crippen molar-refractivity contribution in [1.29, 1.82) is 0 Å². The van der Waals surface area contributed by atoms with Crippen LogP contribution < -0.4 is 10.6 Å². The Labute approximate surface area is 117 Å². The Morgan fingerprint density at radius 3 is 2.80 bits per heavy atom. The second kappa shape index (κ2) is 5.44. The van der Waals surface area contributed by atoms with Crippen molar-refractivity contribution in [3.8, 4) is 5.95 Å². The lowest BCUT2D eigenvalue weighted by molar-refractivity contribution is 0.317. The quantitative estimate of drug-likeness (QED) is 0.882. The Kier molecular flexibility index (Phi) is 3.49. The van der Waals surface area contributed by atoms with Gasteiger partial charge in [-0.05, 0) is 31.7 Å². The van der Waals surface area contributed by atoms with Gasteiger partial charge in [0.15, 0.2) is 0 Å². The van der Waals surface area contributed by atoms with Crippen LogP contribution in [0, 0.1) is 5.92 Å². The maximum absolute atomic E-state index is 5.81. The number of anilines is 2. The Balaban J connectivity index is 1.87. The number of nitrogens with zero attached hydrogens (tertiary/aromatic N) is 6. The molecule has 1 fully saturated rings. The van der Waals surface area contributed by atoms with Gasteiger partial charge in [0, 0.05) is 25.5 Å². The van der Waals surface area contributed by atoms with Crippen molar-refractivity contribution in [2.45, 2.75) is 26.2 Å². The molecule has 0 bridgehead atoms. The van der Waals surface area contributed by atoms with Crippen LogP contribution in [0.2, 0.25) is 0 Å². The molecule has 3 rings (SSSR count). The summed E-state index contributed by atoms with van der Waals surface area (Å²) < 4.78 is 1.60. The van der Waals surface area contributed by atoms with E-state index in [2.05, 4.69) is 31.9 Å². The molecule has 20 heavy (non-hydrogen) atoms. The third-order valence-electron chi connectivity index (χ3n) is 3.71. The first-order valence-corrected chi connectivity index (χ1v) is 7.02. The minimum atomic E-state index is 0.229. The van der Waals surface area contributed by atoms with Crippen LogP contribution in [0.1, 0.15) is 26.2 Å². The molecule has 7 nitrogen and oxygen atoms in total. The zero-order chi connectivity index (χ0) is 13.9. The lowest BCUT2D eigenvalue weighted by Crippen LogP contribution is -2.34. The molecule has 2 heterocycles. The minimum Gasteiger partial charge on any atom is -0.368 e. The van der Waals surface area contributed by atoms with Gasteiger partial charge in [-0.3, -0.25) is 0 Å². The molecule has 0 unspecified atom stereocenters. The monoisotopic (exact) mass is 273 g/mol. The number of hydrogen-bond acceptors (Lipinski definition) is 6. The molecule has 1 aliphatic carbocycles. The average Bonchev–Trinajstić information content (AvgIpc) is 2.91. The van der Waals surface area contributed by atoms with Crippen LogP contribution >= 0.6 is 0 Å². The lowest BCUT2D eigenvalue weighted by atomic mass is 9.85. The van der Waals surface area contributed by atoms with Crippen molar-refractivity contribution in [2.75, 3.05) is 23.7 Å². The number of hydrogen-bond donors (Lipinski definition) is 1. The molecule has 2 aromatic heterocycles. The molecular formula is C13H19N7. The summed E-state index contributed by atoms with van der Waals surface area (Å²) in [6.07, 6.45) is 7.40. The number of rotatable bonds is 5. The van der Waals surface area contributed by atoms with Crippen molar-refractivity contribution >= 4 is 11.9 Å². The van der Waals surface area contributed by atoms with Crippen LogP contribution in [0.25, 0.3) is 5.95 Å². The first-order chi connectivity index (χ1) is 9.76. The summed E-state index contributed by atoms with van der Waals surface area (Å²) in [5.41, 5.74) is 5.81. The highest BCUT2D eigenvalue weighted by molar-refractivity contribution is 5.37. The molecule has 0 amide bonds. The number of nitrogens with two attached hydrogens (primary N) is 1. The summed E-state index contributed by atoms with van der Waals surface area (Å²) in [6, 6.07) is 1.83.